The molecule has 0 aromatic heterocycles. The van der Waals surface area contributed by atoms with Gasteiger partial charge in [0.1, 0.15) is 0 Å². The summed E-state index contributed by atoms with van der Waals surface area (Å²) in [6.45, 7) is 7.83. The van der Waals surface area contributed by atoms with Crippen molar-refractivity contribution in [2.45, 2.75) is 13.3 Å². The number of aryl methyl sites for hydroxylation is 1. The predicted octanol–water partition coefficient (Wildman–Crippen LogP) is 4.31. The van der Waals surface area contributed by atoms with Crippen LogP contribution in [0.3, 0.4) is 0 Å². The highest BCUT2D eigenvalue weighted by molar-refractivity contribution is 6.30. The van der Waals surface area contributed by atoms with Crippen LogP contribution in [0, 0.1) is 6.92 Å². The van der Waals surface area contributed by atoms with E-state index in [1.165, 1.54) is 0 Å². The van der Waals surface area contributed by atoms with Crippen LogP contribution in [0.4, 0.5) is 5.69 Å². The Morgan fingerprint density at radius 3 is 2.57 bits per heavy atom. The van der Waals surface area contributed by atoms with E-state index in [1.54, 1.807) is 0 Å². The molecule has 0 saturated carbocycles. The molecule has 1 aliphatic heterocycles. The minimum absolute atomic E-state index is 0.0810. The highest BCUT2D eigenvalue weighted by Gasteiger charge is 2.16. The summed E-state index contributed by atoms with van der Waals surface area (Å²) in [7, 11) is 0. The Labute approximate surface area is 172 Å². The molecule has 148 valence electrons. The van der Waals surface area contributed by atoms with Crippen LogP contribution >= 0.6 is 11.6 Å². The number of benzene rings is 2. The molecule has 1 aliphatic rings. The first-order valence-electron chi connectivity index (χ1n) is 9.82. The first-order valence-corrected chi connectivity index (χ1v) is 10.2. The summed E-state index contributed by atoms with van der Waals surface area (Å²) >= 11 is 6.01. The normalized spacial score (nSPS) is 15.8. The highest BCUT2D eigenvalue weighted by Crippen LogP contribution is 2.12. The van der Waals surface area contributed by atoms with E-state index in [1.807, 2.05) is 49.4 Å². The van der Waals surface area contributed by atoms with Crippen molar-refractivity contribution in [1.29, 1.82) is 0 Å². The van der Waals surface area contributed by atoms with Crippen molar-refractivity contribution in [3.8, 4) is 0 Å². The van der Waals surface area contributed by atoms with E-state index >= 15 is 0 Å². The van der Waals surface area contributed by atoms with Gasteiger partial charge in [-0.1, -0.05) is 48.0 Å². The van der Waals surface area contributed by atoms with E-state index in [0.29, 0.717) is 6.42 Å². The van der Waals surface area contributed by atoms with Gasteiger partial charge in [-0.05, 0) is 42.3 Å². The van der Waals surface area contributed by atoms with E-state index < -0.39 is 0 Å². The molecule has 1 heterocycles. The SMILES string of the molecule is Cc1cccc(NC(=O)CCN2CCN(CC=Cc3cccc(Cl)c3)CC2)c1. The molecule has 2 aromatic carbocycles. The largest absolute Gasteiger partial charge is 0.326 e. The fraction of sp³-hybridized carbons (Fsp3) is 0.348. The zero-order valence-electron chi connectivity index (χ0n) is 16.4. The Morgan fingerprint density at radius 2 is 1.82 bits per heavy atom. The Kier molecular flexibility index (Phi) is 7.66. The lowest BCUT2D eigenvalue weighted by Crippen LogP contribution is -2.46. The van der Waals surface area contributed by atoms with Crippen LogP contribution in [-0.4, -0.2) is 55.0 Å². The fourth-order valence-electron chi connectivity index (χ4n) is 3.35. The van der Waals surface area contributed by atoms with Crippen molar-refractivity contribution >= 4 is 29.3 Å². The van der Waals surface area contributed by atoms with Crippen molar-refractivity contribution in [3.63, 3.8) is 0 Å². The maximum atomic E-state index is 12.2. The van der Waals surface area contributed by atoms with Crippen molar-refractivity contribution < 1.29 is 4.79 Å². The third-order valence-electron chi connectivity index (χ3n) is 4.94. The zero-order chi connectivity index (χ0) is 19.8. The molecule has 0 unspecified atom stereocenters. The first-order chi connectivity index (χ1) is 13.6. The van der Waals surface area contributed by atoms with Gasteiger partial charge in [0.2, 0.25) is 5.91 Å². The van der Waals surface area contributed by atoms with Crippen LogP contribution in [0.1, 0.15) is 17.5 Å². The molecule has 5 heteroatoms. The van der Waals surface area contributed by atoms with Gasteiger partial charge in [-0.25, -0.2) is 0 Å². The Morgan fingerprint density at radius 1 is 1.07 bits per heavy atom. The lowest BCUT2D eigenvalue weighted by atomic mass is 10.2. The second-order valence-corrected chi connectivity index (χ2v) is 7.70. The molecule has 3 rings (SSSR count). The molecule has 4 nitrogen and oxygen atoms in total. The summed E-state index contributed by atoms with van der Waals surface area (Å²) in [5.41, 5.74) is 3.16. The Balaban J connectivity index is 1.34. The molecule has 0 aliphatic carbocycles. The molecule has 1 N–H and O–H groups in total. The number of carbonyl (C=O) groups is 1. The maximum Gasteiger partial charge on any atom is 0.225 e. The molecule has 1 fully saturated rings. The molecular weight excluding hydrogens is 370 g/mol. The standard InChI is InChI=1S/C23H28ClN3O/c1-19-5-2-9-22(17-19)25-23(28)10-12-27-15-13-26(14-16-27)11-4-7-20-6-3-8-21(24)18-20/h2-9,17-18H,10-16H2,1H3,(H,25,28). The van der Waals surface area contributed by atoms with Gasteiger partial charge in [-0.15, -0.1) is 0 Å². The minimum atomic E-state index is 0.0810. The lowest BCUT2D eigenvalue weighted by molar-refractivity contribution is -0.116. The predicted molar refractivity (Wildman–Crippen MR) is 118 cm³/mol. The van der Waals surface area contributed by atoms with E-state index in [4.69, 9.17) is 11.6 Å². The van der Waals surface area contributed by atoms with Gasteiger partial charge in [0.15, 0.2) is 0 Å². The number of rotatable bonds is 7. The van der Waals surface area contributed by atoms with E-state index in [9.17, 15) is 4.79 Å². The van der Waals surface area contributed by atoms with Gasteiger partial charge in [-0.3, -0.25) is 9.69 Å². The highest BCUT2D eigenvalue weighted by atomic mass is 35.5. The van der Waals surface area contributed by atoms with Gasteiger partial charge in [-0.2, -0.15) is 0 Å². The van der Waals surface area contributed by atoms with Crippen molar-refractivity contribution in [3.05, 3.63) is 70.8 Å². The van der Waals surface area contributed by atoms with E-state index in [0.717, 1.165) is 61.1 Å². The van der Waals surface area contributed by atoms with Crippen LogP contribution in [0.25, 0.3) is 6.08 Å². The van der Waals surface area contributed by atoms with Gasteiger partial charge < -0.3 is 10.2 Å². The zero-order valence-corrected chi connectivity index (χ0v) is 17.2. The number of halogens is 1. The molecular formula is C23H28ClN3O. The quantitative estimate of drug-likeness (QED) is 0.756. The van der Waals surface area contributed by atoms with Gasteiger partial charge in [0.05, 0.1) is 0 Å². The van der Waals surface area contributed by atoms with Crippen LogP contribution in [0.15, 0.2) is 54.6 Å². The van der Waals surface area contributed by atoms with Gasteiger partial charge >= 0.3 is 0 Å². The summed E-state index contributed by atoms with van der Waals surface area (Å²) in [4.78, 5) is 17.0. The molecule has 0 bridgehead atoms. The number of hydrogen-bond acceptors (Lipinski definition) is 3. The topological polar surface area (TPSA) is 35.6 Å². The van der Waals surface area contributed by atoms with Crippen LogP contribution in [0.5, 0.6) is 0 Å². The molecule has 0 atom stereocenters. The number of hydrogen-bond donors (Lipinski definition) is 1. The van der Waals surface area contributed by atoms with Crippen molar-refractivity contribution in [1.82, 2.24) is 9.80 Å². The molecule has 0 radical (unpaired) electrons. The second kappa shape index (κ2) is 10.4. The maximum absolute atomic E-state index is 12.2. The average molecular weight is 398 g/mol. The van der Waals surface area contributed by atoms with Crippen LogP contribution < -0.4 is 5.32 Å². The van der Waals surface area contributed by atoms with Crippen molar-refractivity contribution in [2.24, 2.45) is 0 Å². The monoisotopic (exact) mass is 397 g/mol. The smallest absolute Gasteiger partial charge is 0.225 e. The molecule has 28 heavy (non-hydrogen) atoms. The van der Waals surface area contributed by atoms with E-state index in [2.05, 4.69) is 33.3 Å². The van der Waals surface area contributed by atoms with Crippen LogP contribution in [-0.2, 0) is 4.79 Å². The molecule has 0 spiro atoms. The Hall–Kier alpha value is -2.14. The van der Waals surface area contributed by atoms with Crippen LogP contribution in [0.2, 0.25) is 5.02 Å². The van der Waals surface area contributed by atoms with Crippen molar-refractivity contribution in [2.75, 3.05) is 44.6 Å². The van der Waals surface area contributed by atoms with Gasteiger partial charge in [0.25, 0.3) is 0 Å². The summed E-state index contributed by atoms with van der Waals surface area (Å²) in [6, 6.07) is 15.8. The summed E-state index contributed by atoms with van der Waals surface area (Å²) in [6.07, 6.45) is 4.84. The minimum Gasteiger partial charge on any atom is -0.326 e. The molecule has 1 saturated heterocycles. The summed E-state index contributed by atoms with van der Waals surface area (Å²) in [5.74, 6) is 0.0810. The molecule has 1 amide bonds. The fourth-order valence-corrected chi connectivity index (χ4v) is 3.55. The summed E-state index contributed by atoms with van der Waals surface area (Å²) in [5, 5.41) is 3.75. The summed E-state index contributed by atoms with van der Waals surface area (Å²) < 4.78 is 0. The van der Waals surface area contributed by atoms with Gasteiger partial charge in [0, 0.05) is 56.4 Å². The third-order valence-corrected chi connectivity index (χ3v) is 5.18. The number of amides is 1. The number of carbonyl (C=O) groups excluding carboxylic acids is 1. The number of nitrogens with zero attached hydrogens (tertiary/aromatic N) is 2. The Bertz CT molecular complexity index is 813. The lowest BCUT2D eigenvalue weighted by Gasteiger charge is -2.34. The number of nitrogens with one attached hydrogen (secondary N) is 1. The number of piperazine rings is 1. The second-order valence-electron chi connectivity index (χ2n) is 7.27. The molecule has 2 aromatic rings. The third kappa shape index (κ3) is 6.79. The average Bonchev–Trinajstić information content (AvgIpc) is 2.67. The first kappa shape index (κ1) is 20.6. The number of anilines is 1. The van der Waals surface area contributed by atoms with E-state index in [-0.39, 0.29) is 5.91 Å².